The Morgan fingerprint density at radius 3 is 2.49 bits per heavy atom. The van der Waals surface area contributed by atoms with E-state index in [-0.39, 0.29) is 41.1 Å². The first-order valence-corrected chi connectivity index (χ1v) is 16.8. The number of aliphatic hydroxyl groups is 1. The molecule has 0 aliphatic carbocycles. The number of benzene rings is 1. The molecule has 0 saturated carbocycles. The molecule has 0 radical (unpaired) electrons. The number of carbonyl (C=O) groups is 1. The van der Waals surface area contributed by atoms with Gasteiger partial charge in [-0.05, 0) is 12.1 Å². The number of nitrogens with two attached hydrogens (primary N) is 1. The summed E-state index contributed by atoms with van der Waals surface area (Å²) in [5.74, 6) is -1.26. The molecule has 27 heteroatoms. The number of aromatic amines is 1. The van der Waals surface area contributed by atoms with Gasteiger partial charge >= 0.3 is 13.8 Å². The summed E-state index contributed by atoms with van der Waals surface area (Å²) in [6.07, 6.45) is -5.52. The van der Waals surface area contributed by atoms with E-state index in [2.05, 4.69) is 45.2 Å². The number of esters is 1. The van der Waals surface area contributed by atoms with Gasteiger partial charge < -0.3 is 68.0 Å². The van der Waals surface area contributed by atoms with Crippen LogP contribution in [0.4, 0.5) is 11.6 Å². The average Bonchev–Trinajstić information content (AvgIpc) is 3.41. The molecular formula is C18H32N9O14P3S. The van der Waals surface area contributed by atoms with Crippen LogP contribution in [-0.4, -0.2) is 67.5 Å². The topological polar surface area (TPSA) is 418 Å². The molecule has 1 aliphatic heterocycles. The number of ether oxygens (including phenoxy) is 2. The molecule has 2 aromatic heterocycles. The van der Waals surface area contributed by atoms with E-state index in [1.54, 1.807) is 25.2 Å². The average molecular weight is 723 g/mol. The van der Waals surface area contributed by atoms with Gasteiger partial charge in [-0.1, -0.05) is 18.9 Å². The van der Waals surface area contributed by atoms with E-state index in [0.29, 0.717) is 5.69 Å². The second-order valence-electron chi connectivity index (χ2n) is 8.32. The third-order valence-corrected chi connectivity index (χ3v) is 9.80. The summed E-state index contributed by atoms with van der Waals surface area (Å²) < 4.78 is 47.9. The second kappa shape index (κ2) is 15.2. The van der Waals surface area contributed by atoms with Crippen molar-refractivity contribution in [2.24, 2.45) is 0 Å². The molecule has 0 spiro atoms. The van der Waals surface area contributed by atoms with Gasteiger partial charge in [0.05, 0.1) is 18.5 Å². The van der Waals surface area contributed by atoms with Gasteiger partial charge in [0, 0.05) is 12.7 Å². The van der Waals surface area contributed by atoms with Crippen LogP contribution in [0.2, 0.25) is 0 Å². The van der Waals surface area contributed by atoms with E-state index in [1.807, 2.05) is 0 Å². The fourth-order valence-electron chi connectivity index (χ4n) is 3.86. The van der Waals surface area contributed by atoms with Crippen molar-refractivity contribution in [2.75, 3.05) is 24.7 Å². The summed E-state index contributed by atoms with van der Waals surface area (Å²) in [6, 6.07) is 6.18. The van der Waals surface area contributed by atoms with Crippen molar-refractivity contribution in [1.82, 2.24) is 38.0 Å². The van der Waals surface area contributed by atoms with E-state index in [0.717, 1.165) is 10.9 Å². The lowest BCUT2D eigenvalue weighted by molar-refractivity contribution is -0.319. The molecule has 23 nitrogen and oxygen atoms in total. The minimum absolute atomic E-state index is 0. The van der Waals surface area contributed by atoms with Gasteiger partial charge in [0.25, 0.3) is 13.4 Å². The zero-order valence-corrected chi connectivity index (χ0v) is 27.4. The van der Waals surface area contributed by atoms with Crippen LogP contribution in [0.3, 0.4) is 0 Å². The van der Waals surface area contributed by atoms with Crippen LogP contribution in [0.15, 0.2) is 35.4 Å². The molecule has 2 unspecified atom stereocenters. The highest BCUT2D eigenvalue weighted by Gasteiger charge is 2.49. The number of fused-ring (bicyclic) bond motifs is 1. The Morgan fingerprint density at radius 1 is 1.22 bits per heavy atom. The molecule has 45 heavy (non-hydrogen) atoms. The highest BCUT2D eigenvalue weighted by atomic mass is 32.5. The van der Waals surface area contributed by atoms with Crippen molar-refractivity contribution in [3.05, 3.63) is 46.5 Å². The summed E-state index contributed by atoms with van der Waals surface area (Å²) in [5.41, 5.74) is 4.96. The SMILES string of the molecule is CNc1ccccc1C(=O)O[C@@H]1[C@H](O)[C@@H](COP(=O)(O)OP(=O)([O-])OP([O-])([O-])=S)O[C@H]1n1cnc2c(=O)[nH]c(N)nc21.[NH4+].[NH4+].[NH4+]. The molecule has 3 aromatic rings. The number of anilines is 2. The summed E-state index contributed by atoms with van der Waals surface area (Å²) >= 11 is 3.76. The maximum Gasteiger partial charge on any atom is 0.478 e. The van der Waals surface area contributed by atoms with Crippen LogP contribution in [0.25, 0.3) is 11.2 Å². The molecule has 3 heterocycles. The normalized spacial score (nSPS) is 22.2. The number of H-pyrrole nitrogens is 1. The standard InChI is InChI=1S/C18H23N6O14P3S.3H3N/c1-20-9-5-3-2-4-8(9)17(27)36-13-12(25)10(6-34-39(28,29)37-40(30,31)38-41(32,33)42)35-16(13)24-7-21-11-14(24)22-18(19)23-15(11)26;;;/h2-5,7,10,12-13,16,20,25H,6H2,1H3,(H,28,29)(H,30,31)(H2,32,33,42)(H3,19,22,23,26);3*1H3/t10-,12-,13-,16-;;;/m1.../s1. The van der Waals surface area contributed by atoms with Crippen molar-refractivity contribution >= 4 is 62.9 Å². The Hall–Kier alpha value is -2.73. The highest BCUT2D eigenvalue weighted by molar-refractivity contribution is 8.06. The molecule has 18 N–H and O–H groups in total. The van der Waals surface area contributed by atoms with Gasteiger partial charge in [0.2, 0.25) is 5.95 Å². The number of quaternary nitrogens is 3. The number of hydrogen-bond donors (Lipinski definition) is 8. The number of hydrogen-bond acceptors (Lipinski definition) is 18. The monoisotopic (exact) mass is 723 g/mol. The smallest absolute Gasteiger partial charge is 0.478 e. The van der Waals surface area contributed by atoms with Crippen LogP contribution in [0.5, 0.6) is 0 Å². The molecule has 6 atom stereocenters. The molecule has 4 rings (SSSR count). The lowest BCUT2D eigenvalue weighted by atomic mass is 10.1. The molecular weight excluding hydrogens is 691 g/mol. The van der Waals surface area contributed by atoms with E-state index in [9.17, 15) is 43.4 Å². The number of para-hydroxylation sites is 1. The number of rotatable bonds is 11. The molecule has 254 valence electrons. The van der Waals surface area contributed by atoms with Crippen molar-refractivity contribution in [3.63, 3.8) is 0 Å². The summed E-state index contributed by atoms with van der Waals surface area (Å²) in [6.45, 7) is -6.45. The highest BCUT2D eigenvalue weighted by Crippen LogP contribution is 2.62. The summed E-state index contributed by atoms with van der Waals surface area (Å²) in [5, 5.41) is 13.8. The van der Waals surface area contributed by atoms with Crippen LogP contribution in [0, 0.1) is 0 Å². The first kappa shape index (κ1) is 40.3. The predicted molar refractivity (Wildman–Crippen MR) is 155 cm³/mol. The first-order valence-electron chi connectivity index (χ1n) is 11.3. The number of phosphoric acid groups is 2. The maximum atomic E-state index is 13.1. The van der Waals surface area contributed by atoms with E-state index < -0.39 is 65.0 Å². The Balaban J connectivity index is 0.00000337. The maximum absolute atomic E-state index is 13.1. The van der Waals surface area contributed by atoms with E-state index in [4.69, 9.17) is 15.2 Å². The van der Waals surface area contributed by atoms with E-state index >= 15 is 0 Å². The Morgan fingerprint density at radius 2 is 1.87 bits per heavy atom. The molecule has 0 bridgehead atoms. The third kappa shape index (κ3) is 9.64. The van der Waals surface area contributed by atoms with Gasteiger partial charge in [0.15, 0.2) is 23.5 Å². The Bertz CT molecular complexity index is 1700. The number of phosphoric ester groups is 1. The van der Waals surface area contributed by atoms with Gasteiger partial charge in [0.1, 0.15) is 12.2 Å². The van der Waals surface area contributed by atoms with Crippen molar-refractivity contribution in [1.29, 1.82) is 0 Å². The van der Waals surface area contributed by atoms with Crippen LogP contribution >= 0.6 is 22.4 Å². The van der Waals surface area contributed by atoms with Crippen molar-refractivity contribution < 1.29 is 61.2 Å². The van der Waals surface area contributed by atoms with E-state index in [1.165, 1.54) is 6.07 Å². The number of aromatic nitrogens is 4. The van der Waals surface area contributed by atoms with Gasteiger partial charge in [-0.3, -0.25) is 23.4 Å². The molecule has 1 saturated heterocycles. The number of carbonyl (C=O) groups excluding carboxylic acids is 1. The van der Waals surface area contributed by atoms with Gasteiger partial charge in [-0.15, -0.1) is 11.8 Å². The lowest BCUT2D eigenvalue weighted by Gasteiger charge is -2.39. The number of nitrogen functional groups attached to an aromatic ring is 1. The summed E-state index contributed by atoms with van der Waals surface area (Å²) in [7, 11) is -10.1. The quantitative estimate of drug-likeness (QED) is 0.0861. The molecule has 1 aliphatic rings. The number of nitrogens with zero attached hydrogens (tertiary/aromatic N) is 3. The van der Waals surface area contributed by atoms with Gasteiger partial charge in [-0.25, -0.2) is 18.7 Å². The van der Waals surface area contributed by atoms with Crippen molar-refractivity contribution in [3.8, 4) is 0 Å². The first-order chi connectivity index (χ1) is 19.5. The fourth-order valence-corrected chi connectivity index (χ4v) is 7.49. The van der Waals surface area contributed by atoms with Gasteiger partial charge in [-0.2, -0.15) is 4.98 Å². The largest absolute Gasteiger partial charge is 0.812 e. The predicted octanol–water partition coefficient (Wildman–Crippen LogP) is -1.08. The Kier molecular flexibility index (Phi) is 13.6. The molecule has 1 aromatic carbocycles. The molecule has 0 amide bonds. The van der Waals surface area contributed by atoms with Crippen molar-refractivity contribution in [2.45, 2.75) is 24.5 Å². The number of imidazole rings is 1. The third-order valence-electron chi connectivity index (χ3n) is 5.50. The fraction of sp³-hybridized carbons (Fsp3) is 0.333. The second-order valence-corrected chi connectivity index (χ2v) is 14.0. The van der Waals surface area contributed by atoms with Crippen LogP contribution in [-0.2, 0) is 43.6 Å². The Labute approximate surface area is 257 Å². The number of nitrogens with one attached hydrogen (secondary N) is 2. The minimum Gasteiger partial charge on any atom is -0.812 e. The zero-order valence-electron chi connectivity index (χ0n) is 23.9. The molecule has 1 fully saturated rings. The minimum atomic E-state index is -5.99. The lowest BCUT2D eigenvalue weighted by Crippen LogP contribution is -2.37. The summed E-state index contributed by atoms with van der Waals surface area (Å²) in [4.78, 5) is 78.7. The zero-order chi connectivity index (χ0) is 31.0. The van der Waals surface area contributed by atoms with Crippen LogP contribution in [0.1, 0.15) is 16.6 Å². The number of aliphatic hydroxyl groups excluding tert-OH is 1. The van der Waals surface area contributed by atoms with Crippen LogP contribution < -0.4 is 49.7 Å².